The van der Waals surface area contributed by atoms with E-state index in [0.717, 1.165) is 60.9 Å². The molecule has 2 amide bonds. The number of anilines is 1. The van der Waals surface area contributed by atoms with Crippen LogP contribution >= 0.6 is 0 Å². The van der Waals surface area contributed by atoms with Crippen molar-refractivity contribution in [1.29, 1.82) is 0 Å². The fraction of sp³-hybridized carbons (Fsp3) is 0.409. The number of urea groups is 1. The van der Waals surface area contributed by atoms with E-state index in [9.17, 15) is 13.6 Å². The molecule has 150 valence electrons. The highest BCUT2D eigenvalue weighted by molar-refractivity contribution is 5.89. The monoisotopic (exact) mass is 387 g/mol. The van der Waals surface area contributed by atoms with Gasteiger partial charge in [0.25, 0.3) is 0 Å². The van der Waals surface area contributed by atoms with Crippen LogP contribution in [0.15, 0.2) is 36.4 Å². The molecule has 0 unspecified atom stereocenters. The van der Waals surface area contributed by atoms with Crippen LogP contribution in [0.5, 0.6) is 0 Å². The molecule has 0 saturated carbocycles. The number of hydrogen-bond acceptors (Lipinski definition) is 2. The van der Waals surface area contributed by atoms with Crippen molar-refractivity contribution in [3.63, 3.8) is 0 Å². The lowest BCUT2D eigenvalue weighted by atomic mass is 9.90. The number of hydrogen-bond donors (Lipinski definition) is 2. The molecule has 2 aromatic carbocycles. The zero-order valence-electron chi connectivity index (χ0n) is 16.4. The molecule has 1 aliphatic heterocycles. The van der Waals surface area contributed by atoms with Crippen LogP contribution in [0.4, 0.5) is 19.3 Å². The van der Waals surface area contributed by atoms with Crippen LogP contribution in [0.1, 0.15) is 29.5 Å². The number of rotatable bonds is 5. The number of nitrogens with zero attached hydrogens (tertiary/aromatic N) is 1. The van der Waals surface area contributed by atoms with Gasteiger partial charge < -0.3 is 10.6 Å². The summed E-state index contributed by atoms with van der Waals surface area (Å²) in [5, 5.41) is 5.46. The molecular formula is C22H27F2N3O. The number of benzene rings is 2. The van der Waals surface area contributed by atoms with Gasteiger partial charge in [0.05, 0.1) is 0 Å². The molecule has 0 aromatic heterocycles. The summed E-state index contributed by atoms with van der Waals surface area (Å²) < 4.78 is 26.8. The third kappa shape index (κ3) is 5.52. The first-order valence-electron chi connectivity index (χ1n) is 9.68. The molecule has 1 saturated heterocycles. The summed E-state index contributed by atoms with van der Waals surface area (Å²) >= 11 is 0. The van der Waals surface area contributed by atoms with Crippen molar-refractivity contribution >= 4 is 11.7 Å². The molecule has 0 aliphatic carbocycles. The summed E-state index contributed by atoms with van der Waals surface area (Å²) in [4.78, 5) is 14.1. The Kier molecular flexibility index (Phi) is 6.62. The van der Waals surface area contributed by atoms with Crippen LogP contribution in [-0.2, 0) is 13.0 Å². The van der Waals surface area contributed by atoms with Crippen LogP contribution in [0.2, 0.25) is 0 Å². The molecule has 28 heavy (non-hydrogen) atoms. The highest BCUT2D eigenvalue weighted by atomic mass is 19.1. The van der Waals surface area contributed by atoms with Crippen molar-refractivity contribution in [3.8, 4) is 0 Å². The highest BCUT2D eigenvalue weighted by Crippen LogP contribution is 2.26. The number of aryl methyl sites for hydroxylation is 1. The second kappa shape index (κ2) is 9.15. The van der Waals surface area contributed by atoms with Gasteiger partial charge >= 0.3 is 6.03 Å². The number of carbonyl (C=O) groups excluding carboxylic acids is 1. The molecule has 2 aromatic rings. The Hall–Kier alpha value is -2.47. The molecular weight excluding hydrogens is 360 g/mol. The number of carbonyl (C=O) groups is 1. The Bertz CT molecular complexity index is 812. The first-order valence-corrected chi connectivity index (χ1v) is 9.68. The quantitative estimate of drug-likeness (QED) is 0.795. The second-order valence-electron chi connectivity index (χ2n) is 7.57. The first-order chi connectivity index (χ1) is 13.4. The van der Waals surface area contributed by atoms with Crippen molar-refractivity contribution in [3.05, 3.63) is 64.7 Å². The third-order valence-electron chi connectivity index (χ3n) is 5.28. The van der Waals surface area contributed by atoms with Gasteiger partial charge in [-0.05, 0) is 74.5 Å². The predicted octanol–water partition coefficient (Wildman–Crippen LogP) is 4.48. The molecule has 1 aliphatic rings. The maximum Gasteiger partial charge on any atom is 0.318 e. The van der Waals surface area contributed by atoms with Crippen molar-refractivity contribution in [2.45, 2.75) is 32.7 Å². The Balaban J connectivity index is 1.58. The van der Waals surface area contributed by atoms with E-state index in [1.165, 1.54) is 12.1 Å². The van der Waals surface area contributed by atoms with Gasteiger partial charge in [0, 0.05) is 25.3 Å². The van der Waals surface area contributed by atoms with Crippen LogP contribution in [0.3, 0.4) is 0 Å². The van der Waals surface area contributed by atoms with E-state index < -0.39 is 11.6 Å². The maximum absolute atomic E-state index is 13.4. The largest absolute Gasteiger partial charge is 0.341 e. The van der Waals surface area contributed by atoms with E-state index in [0.29, 0.717) is 12.3 Å². The molecule has 2 N–H and O–H groups in total. The van der Waals surface area contributed by atoms with Gasteiger partial charge in [-0.15, -0.1) is 0 Å². The molecule has 6 heteroatoms. The number of piperidine rings is 1. The van der Waals surface area contributed by atoms with Crippen LogP contribution < -0.4 is 10.6 Å². The Labute approximate surface area is 164 Å². The summed E-state index contributed by atoms with van der Waals surface area (Å²) in [6.45, 7) is 4.66. The average molecular weight is 387 g/mol. The fourth-order valence-corrected chi connectivity index (χ4v) is 3.81. The molecule has 0 atom stereocenters. The molecule has 0 spiro atoms. The first kappa shape index (κ1) is 20.3. The summed E-state index contributed by atoms with van der Waals surface area (Å²) in [6.07, 6.45) is 2.68. The number of amides is 2. The molecule has 1 heterocycles. The van der Waals surface area contributed by atoms with Gasteiger partial charge in [-0.1, -0.05) is 17.7 Å². The summed E-state index contributed by atoms with van der Waals surface area (Å²) in [5.74, 6) is -0.593. The van der Waals surface area contributed by atoms with Crippen LogP contribution in [0, 0.1) is 24.5 Å². The van der Waals surface area contributed by atoms with E-state index in [1.54, 1.807) is 7.05 Å². The Morgan fingerprint density at radius 1 is 1.11 bits per heavy atom. The van der Waals surface area contributed by atoms with E-state index in [4.69, 9.17) is 0 Å². The molecule has 0 radical (unpaired) electrons. The minimum Gasteiger partial charge on any atom is -0.341 e. The number of likely N-dealkylation sites (tertiary alicyclic amines) is 1. The van der Waals surface area contributed by atoms with Crippen molar-refractivity contribution in [2.75, 3.05) is 25.5 Å². The average Bonchev–Trinajstić information content (AvgIpc) is 2.64. The van der Waals surface area contributed by atoms with Crippen LogP contribution in [-0.4, -0.2) is 31.1 Å². The summed E-state index contributed by atoms with van der Waals surface area (Å²) in [7, 11) is 1.60. The van der Waals surface area contributed by atoms with E-state index in [-0.39, 0.29) is 6.03 Å². The smallest absolute Gasteiger partial charge is 0.318 e. The zero-order valence-corrected chi connectivity index (χ0v) is 16.4. The van der Waals surface area contributed by atoms with E-state index in [2.05, 4.69) is 21.6 Å². The number of nitrogens with one attached hydrogen (secondary N) is 2. The van der Waals surface area contributed by atoms with Gasteiger partial charge in [0.2, 0.25) is 0 Å². The topological polar surface area (TPSA) is 44.4 Å². The van der Waals surface area contributed by atoms with Gasteiger partial charge in [-0.2, -0.15) is 0 Å². The Morgan fingerprint density at radius 3 is 2.43 bits per heavy atom. The normalized spacial score (nSPS) is 15.4. The minimum absolute atomic E-state index is 0.230. The van der Waals surface area contributed by atoms with Crippen molar-refractivity contribution in [1.82, 2.24) is 10.2 Å². The Morgan fingerprint density at radius 2 is 1.79 bits per heavy atom. The standard InChI is InChI=1S/C22H27F2N3O/c1-15-3-4-21(26-22(28)25-2)18(9-15)14-27-7-5-16(6-8-27)10-17-11-19(23)13-20(24)12-17/h3-4,9,11-13,16H,5-8,10,14H2,1-2H3,(H2,25,26,28). The lowest BCUT2D eigenvalue weighted by molar-refractivity contribution is 0.177. The summed E-state index contributed by atoms with van der Waals surface area (Å²) in [5.41, 5.74) is 3.80. The minimum atomic E-state index is -0.511. The molecule has 4 nitrogen and oxygen atoms in total. The van der Waals surface area contributed by atoms with E-state index >= 15 is 0 Å². The fourth-order valence-electron chi connectivity index (χ4n) is 3.81. The van der Waals surface area contributed by atoms with Crippen molar-refractivity contribution in [2.24, 2.45) is 5.92 Å². The molecule has 3 rings (SSSR count). The third-order valence-corrected chi connectivity index (χ3v) is 5.28. The number of halogens is 2. The highest BCUT2D eigenvalue weighted by Gasteiger charge is 2.21. The SMILES string of the molecule is CNC(=O)Nc1ccc(C)cc1CN1CCC(Cc2cc(F)cc(F)c2)CC1. The lowest BCUT2D eigenvalue weighted by Crippen LogP contribution is -2.34. The van der Waals surface area contributed by atoms with Crippen LogP contribution in [0.25, 0.3) is 0 Å². The maximum atomic E-state index is 13.4. The van der Waals surface area contributed by atoms with E-state index in [1.807, 2.05) is 19.1 Å². The zero-order chi connectivity index (χ0) is 20.1. The van der Waals surface area contributed by atoms with Gasteiger partial charge in [-0.25, -0.2) is 13.6 Å². The van der Waals surface area contributed by atoms with Crippen molar-refractivity contribution < 1.29 is 13.6 Å². The predicted molar refractivity (Wildman–Crippen MR) is 107 cm³/mol. The van der Waals surface area contributed by atoms with Gasteiger partial charge in [0.15, 0.2) is 0 Å². The molecule has 0 bridgehead atoms. The second-order valence-corrected chi connectivity index (χ2v) is 7.57. The van der Waals surface area contributed by atoms with Gasteiger partial charge in [0.1, 0.15) is 11.6 Å². The van der Waals surface area contributed by atoms with Gasteiger partial charge in [-0.3, -0.25) is 4.90 Å². The lowest BCUT2D eigenvalue weighted by Gasteiger charge is -2.32. The molecule has 1 fully saturated rings. The summed E-state index contributed by atoms with van der Waals surface area (Å²) in [6, 6.07) is 9.57.